The molecular formula is C12H20N2O. The van der Waals surface area contributed by atoms with Crippen molar-refractivity contribution in [3.63, 3.8) is 0 Å². The topological polar surface area (TPSA) is 34.9 Å². The molecule has 0 aliphatic carbocycles. The van der Waals surface area contributed by atoms with Crippen molar-refractivity contribution in [3.05, 3.63) is 17.5 Å². The summed E-state index contributed by atoms with van der Waals surface area (Å²) in [6.45, 7) is 8.38. The monoisotopic (exact) mass is 208 g/mol. The number of hydrogen-bond acceptors (Lipinski definition) is 2. The second kappa shape index (κ2) is 4.17. The summed E-state index contributed by atoms with van der Waals surface area (Å²) in [6, 6.07) is 0. The van der Waals surface area contributed by atoms with Crippen LogP contribution in [0.15, 0.2) is 6.20 Å². The Hall–Kier alpha value is -1.12. The van der Waals surface area contributed by atoms with Gasteiger partial charge in [0.15, 0.2) is 5.78 Å². The van der Waals surface area contributed by atoms with E-state index in [1.807, 2.05) is 14.0 Å². The second-order valence-corrected chi connectivity index (χ2v) is 5.25. The van der Waals surface area contributed by atoms with E-state index in [0.29, 0.717) is 6.42 Å². The van der Waals surface area contributed by atoms with E-state index < -0.39 is 0 Å². The molecule has 0 N–H and O–H groups in total. The van der Waals surface area contributed by atoms with Crippen LogP contribution in [-0.2, 0) is 7.05 Å². The van der Waals surface area contributed by atoms with Crippen LogP contribution in [0.5, 0.6) is 0 Å². The zero-order valence-electron chi connectivity index (χ0n) is 10.3. The van der Waals surface area contributed by atoms with Gasteiger partial charge in [0, 0.05) is 19.2 Å². The lowest BCUT2D eigenvalue weighted by molar-refractivity contribution is 0.0965. The molecule has 3 heteroatoms. The number of ketones is 1. The van der Waals surface area contributed by atoms with Crippen molar-refractivity contribution in [2.24, 2.45) is 12.5 Å². The van der Waals surface area contributed by atoms with E-state index in [4.69, 9.17) is 0 Å². The SMILES string of the molecule is Cc1c(C(=O)CCC(C)(C)C)cnn1C. The van der Waals surface area contributed by atoms with Crippen molar-refractivity contribution < 1.29 is 4.79 Å². The van der Waals surface area contributed by atoms with E-state index in [9.17, 15) is 4.79 Å². The Morgan fingerprint density at radius 2 is 2.07 bits per heavy atom. The molecule has 15 heavy (non-hydrogen) atoms. The molecular weight excluding hydrogens is 188 g/mol. The van der Waals surface area contributed by atoms with Gasteiger partial charge in [-0.2, -0.15) is 5.10 Å². The number of aryl methyl sites for hydroxylation is 1. The Morgan fingerprint density at radius 3 is 2.47 bits per heavy atom. The first-order chi connectivity index (χ1) is 6.81. The average molecular weight is 208 g/mol. The molecule has 0 fully saturated rings. The van der Waals surface area contributed by atoms with Gasteiger partial charge in [-0.3, -0.25) is 9.48 Å². The van der Waals surface area contributed by atoms with Gasteiger partial charge in [-0.05, 0) is 18.8 Å². The number of nitrogens with zero attached hydrogens (tertiary/aromatic N) is 2. The molecule has 0 spiro atoms. The Morgan fingerprint density at radius 1 is 1.47 bits per heavy atom. The van der Waals surface area contributed by atoms with Crippen molar-refractivity contribution in [2.45, 2.75) is 40.5 Å². The quantitative estimate of drug-likeness (QED) is 0.716. The zero-order chi connectivity index (χ0) is 11.6. The summed E-state index contributed by atoms with van der Waals surface area (Å²) >= 11 is 0. The second-order valence-electron chi connectivity index (χ2n) is 5.25. The van der Waals surface area contributed by atoms with Crippen LogP contribution >= 0.6 is 0 Å². The van der Waals surface area contributed by atoms with Crippen LogP contribution in [0.25, 0.3) is 0 Å². The van der Waals surface area contributed by atoms with Gasteiger partial charge in [0.05, 0.1) is 11.8 Å². The molecule has 0 atom stereocenters. The summed E-state index contributed by atoms with van der Waals surface area (Å²) < 4.78 is 1.74. The molecule has 0 aliphatic heterocycles. The van der Waals surface area contributed by atoms with E-state index in [2.05, 4.69) is 25.9 Å². The molecule has 0 aromatic carbocycles. The fourth-order valence-electron chi connectivity index (χ4n) is 1.40. The first kappa shape index (κ1) is 12.0. The van der Waals surface area contributed by atoms with E-state index >= 15 is 0 Å². The maximum atomic E-state index is 11.9. The van der Waals surface area contributed by atoms with Crippen LogP contribution in [0.3, 0.4) is 0 Å². The Kier molecular flexibility index (Phi) is 3.32. The fourth-order valence-corrected chi connectivity index (χ4v) is 1.40. The Bertz CT molecular complexity index is 358. The molecule has 0 saturated carbocycles. The van der Waals surface area contributed by atoms with Gasteiger partial charge in [0.25, 0.3) is 0 Å². The summed E-state index contributed by atoms with van der Waals surface area (Å²) in [7, 11) is 1.86. The standard InChI is InChI=1S/C12H20N2O/c1-9-10(8-13-14(9)5)11(15)6-7-12(2,3)4/h8H,6-7H2,1-5H3. The summed E-state index contributed by atoms with van der Waals surface area (Å²) in [5.74, 6) is 0.204. The van der Waals surface area contributed by atoms with Crippen molar-refractivity contribution in [2.75, 3.05) is 0 Å². The third-order valence-corrected chi connectivity index (χ3v) is 2.64. The van der Waals surface area contributed by atoms with Gasteiger partial charge in [-0.15, -0.1) is 0 Å². The largest absolute Gasteiger partial charge is 0.294 e. The van der Waals surface area contributed by atoms with Gasteiger partial charge < -0.3 is 0 Å². The van der Waals surface area contributed by atoms with E-state index in [0.717, 1.165) is 17.7 Å². The molecule has 1 aromatic rings. The molecule has 0 unspecified atom stereocenters. The van der Waals surface area contributed by atoms with Crippen molar-refractivity contribution in [1.82, 2.24) is 9.78 Å². The van der Waals surface area contributed by atoms with Gasteiger partial charge in [-0.25, -0.2) is 0 Å². The third kappa shape index (κ3) is 3.18. The average Bonchev–Trinajstić information content (AvgIpc) is 2.43. The normalized spacial score (nSPS) is 11.8. The van der Waals surface area contributed by atoms with Gasteiger partial charge >= 0.3 is 0 Å². The van der Waals surface area contributed by atoms with Crippen LogP contribution in [0.1, 0.15) is 49.7 Å². The number of carbonyl (C=O) groups is 1. The summed E-state index contributed by atoms with van der Waals surface area (Å²) in [4.78, 5) is 11.9. The van der Waals surface area contributed by atoms with Crippen LogP contribution in [0, 0.1) is 12.3 Å². The highest BCUT2D eigenvalue weighted by Gasteiger charge is 2.16. The van der Waals surface area contributed by atoms with Crippen LogP contribution in [0.2, 0.25) is 0 Å². The molecule has 1 aromatic heterocycles. The lowest BCUT2D eigenvalue weighted by Gasteiger charge is -2.16. The molecule has 0 saturated heterocycles. The van der Waals surface area contributed by atoms with Crippen molar-refractivity contribution in [3.8, 4) is 0 Å². The number of aromatic nitrogens is 2. The highest BCUT2D eigenvalue weighted by atomic mass is 16.1. The van der Waals surface area contributed by atoms with Crippen molar-refractivity contribution in [1.29, 1.82) is 0 Å². The summed E-state index contributed by atoms with van der Waals surface area (Å²) in [5, 5.41) is 4.08. The van der Waals surface area contributed by atoms with E-state index in [1.165, 1.54) is 0 Å². The van der Waals surface area contributed by atoms with Crippen molar-refractivity contribution >= 4 is 5.78 Å². The number of hydrogen-bond donors (Lipinski definition) is 0. The van der Waals surface area contributed by atoms with Crippen LogP contribution < -0.4 is 0 Å². The minimum Gasteiger partial charge on any atom is -0.294 e. The molecule has 0 amide bonds. The molecule has 1 rings (SSSR count). The predicted octanol–water partition coefficient (Wildman–Crippen LogP) is 2.74. The fraction of sp³-hybridized carbons (Fsp3) is 0.667. The molecule has 0 aliphatic rings. The maximum absolute atomic E-state index is 11.9. The van der Waals surface area contributed by atoms with Gasteiger partial charge in [0.2, 0.25) is 0 Å². The number of carbonyl (C=O) groups excluding carboxylic acids is 1. The van der Waals surface area contributed by atoms with Gasteiger partial charge in [0.1, 0.15) is 0 Å². The highest BCUT2D eigenvalue weighted by molar-refractivity contribution is 5.96. The minimum atomic E-state index is 0.204. The lowest BCUT2D eigenvalue weighted by Crippen LogP contribution is -2.09. The molecule has 1 heterocycles. The molecule has 0 radical (unpaired) electrons. The van der Waals surface area contributed by atoms with E-state index in [-0.39, 0.29) is 11.2 Å². The van der Waals surface area contributed by atoms with Crippen LogP contribution in [-0.4, -0.2) is 15.6 Å². The first-order valence-corrected chi connectivity index (χ1v) is 5.33. The Balaban J connectivity index is 2.66. The number of Topliss-reactive ketones (excluding diaryl/α,β-unsaturated/α-hetero) is 1. The van der Waals surface area contributed by atoms with Gasteiger partial charge in [-0.1, -0.05) is 20.8 Å². The molecule has 3 nitrogen and oxygen atoms in total. The smallest absolute Gasteiger partial charge is 0.166 e. The predicted molar refractivity (Wildman–Crippen MR) is 61.0 cm³/mol. The maximum Gasteiger partial charge on any atom is 0.166 e. The lowest BCUT2D eigenvalue weighted by atomic mass is 9.88. The number of rotatable bonds is 3. The third-order valence-electron chi connectivity index (χ3n) is 2.64. The van der Waals surface area contributed by atoms with Crippen LogP contribution in [0.4, 0.5) is 0 Å². The first-order valence-electron chi connectivity index (χ1n) is 5.33. The minimum absolute atomic E-state index is 0.204. The zero-order valence-corrected chi connectivity index (χ0v) is 10.3. The Labute approximate surface area is 91.5 Å². The van der Waals surface area contributed by atoms with E-state index in [1.54, 1.807) is 10.9 Å². The summed E-state index contributed by atoms with van der Waals surface area (Å²) in [6.07, 6.45) is 3.19. The molecule has 84 valence electrons. The summed E-state index contributed by atoms with van der Waals surface area (Å²) in [5.41, 5.74) is 1.93. The highest BCUT2D eigenvalue weighted by Crippen LogP contribution is 2.22. The molecule has 0 bridgehead atoms.